The summed E-state index contributed by atoms with van der Waals surface area (Å²) >= 11 is 2.15. The fourth-order valence-corrected chi connectivity index (χ4v) is 2.22. The maximum atomic E-state index is 11.0. The highest BCUT2D eigenvalue weighted by molar-refractivity contribution is 14.1. The molecule has 0 saturated carbocycles. The molecule has 0 bridgehead atoms. The van der Waals surface area contributed by atoms with Gasteiger partial charge >= 0.3 is 5.97 Å². The summed E-state index contributed by atoms with van der Waals surface area (Å²) in [5.74, 6) is -0.846. The largest absolute Gasteiger partial charge is 0.477 e. The van der Waals surface area contributed by atoms with Crippen LogP contribution < -0.4 is 0 Å². The summed E-state index contributed by atoms with van der Waals surface area (Å²) < 4.78 is 2.84. The Morgan fingerprint density at radius 1 is 1.67 bits per heavy atom. The lowest BCUT2D eigenvalue weighted by molar-refractivity contribution is 0.0682. The molecular formula is C11H16INO2. The van der Waals surface area contributed by atoms with Crippen LogP contribution in [-0.4, -0.2) is 15.6 Å². The minimum Gasteiger partial charge on any atom is -0.477 e. The molecule has 3 nitrogen and oxygen atoms in total. The summed E-state index contributed by atoms with van der Waals surface area (Å²) in [5, 5.41) is 9.03. The van der Waals surface area contributed by atoms with Crippen molar-refractivity contribution >= 4 is 28.6 Å². The van der Waals surface area contributed by atoms with Gasteiger partial charge in [-0.3, -0.25) is 0 Å². The van der Waals surface area contributed by atoms with E-state index < -0.39 is 5.97 Å². The number of unbranched alkanes of at least 4 members (excludes halogenated alkanes) is 1. The average Bonchev–Trinajstić information content (AvgIpc) is 2.57. The highest BCUT2D eigenvalue weighted by Crippen LogP contribution is 2.20. The molecule has 0 aromatic carbocycles. The van der Waals surface area contributed by atoms with Crippen molar-refractivity contribution < 1.29 is 9.90 Å². The summed E-state index contributed by atoms with van der Waals surface area (Å²) in [5.41, 5.74) is 0.392. The van der Waals surface area contributed by atoms with Crippen molar-refractivity contribution in [2.45, 2.75) is 39.2 Å². The molecule has 1 unspecified atom stereocenters. The van der Waals surface area contributed by atoms with Crippen LogP contribution in [0.4, 0.5) is 0 Å². The Morgan fingerprint density at radius 2 is 2.33 bits per heavy atom. The van der Waals surface area contributed by atoms with Crippen molar-refractivity contribution in [2.24, 2.45) is 0 Å². The van der Waals surface area contributed by atoms with Gasteiger partial charge < -0.3 is 9.67 Å². The molecule has 84 valence electrons. The lowest BCUT2D eigenvalue weighted by atomic mass is 10.1. The number of rotatable bonds is 5. The monoisotopic (exact) mass is 321 g/mol. The summed E-state index contributed by atoms with van der Waals surface area (Å²) in [6.45, 7) is 4.21. The third-order valence-corrected chi connectivity index (χ3v) is 3.07. The Hall–Kier alpha value is -0.520. The first-order chi connectivity index (χ1) is 7.06. The van der Waals surface area contributed by atoms with Gasteiger partial charge in [-0.05, 0) is 42.0 Å². The van der Waals surface area contributed by atoms with Crippen LogP contribution in [-0.2, 0) is 0 Å². The van der Waals surface area contributed by atoms with E-state index in [1.165, 1.54) is 0 Å². The highest BCUT2D eigenvalue weighted by atomic mass is 127. The third kappa shape index (κ3) is 3.22. The van der Waals surface area contributed by atoms with E-state index in [2.05, 4.69) is 36.4 Å². The van der Waals surface area contributed by atoms with E-state index in [1.54, 1.807) is 6.07 Å². The zero-order valence-electron chi connectivity index (χ0n) is 9.03. The van der Waals surface area contributed by atoms with Crippen LogP contribution in [0.15, 0.2) is 12.3 Å². The minimum atomic E-state index is -0.846. The predicted octanol–water partition coefficient (Wildman–Crippen LogP) is 3.54. The van der Waals surface area contributed by atoms with Crippen molar-refractivity contribution in [2.75, 3.05) is 0 Å². The van der Waals surface area contributed by atoms with Gasteiger partial charge in [-0.2, -0.15) is 0 Å². The molecule has 4 heteroatoms. The van der Waals surface area contributed by atoms with Crippen LogP contribution in [0.1, 0.15) is 49.6 Å². The second kappa shape index (κ2) is 5.53. The molecule has 1 N–H and O–H groups in total. The van der Waals surface area contributed by atoms with Crippen LogP contribution in [0.5, 0.6) is 0 Å². The van der Waals surface area contributed by atoms with Gasteiger partial charge in [0, 0.05) is 15.8 Å². The van der Waals surface area contributed by atoms with Crippen molar-refractivity contribution in [1.82, 2.24) is 4.57 Å². The molecule has 0 aliphatic rings. The smallest absolute Gasteiger partial charge is 0.352 e. The molecule has 0 aliphatic heterocycles. The van der Waals surface area contributed by atoms with Crippen molar-refractivity contribution in [3.8, 4) is 0 Å². The predicted molar refractivity (Wildman–Crippen MR) is 68.3 cm³/mol. The topological polar surface area (TPSA) is 42.2 Å². The number of hydrogen-bond donors (Lipinski definition) is 1. The average molecular weight is 321 g/mol. The number of carbonyl (C=O) groups is 1. The highest BCUT2D eigenvalue weighted by Gasteiger charge is 2.15. The lowest BCUT2D eigenvalue weighted by Gasteiger charge is -2.15. The van der Waals surface area contributed by atoms with E-state index in [0.717, 1.165) is 22.8 Å². The Kier molecular flexibility index (Phi) is 4.63. The Balaban J connectivity index is 2.86. The van der Waals surface area contributed by atoms with Crippen molar-refractivity contribution in [3.05, 3.63) is 21.5 Å². The molecule has 0 spiro atoms. The second-order valence-corrected chi connectivity index (χ2v) is 4.99. The van der Waals surface area contributed by atoms with Gasteiger partial charge in [-0.25, -0.2) is 4.79 Å². The first-order valence-electron chi connectivity index (χ1n) is 5.17. The van der Waals surface area contributed by atoms with Gasteiger partial charge in [0.2, 0.25) is 0 Å². The van der Waals surface area contributed by atoms with E-state index in [1.807, 2.05) is 10.8 Å². The van der Waals surface area contributed by atoms with Crippen LogP contribution in [0.3, 0.4) is 0 Å². The number of halogens is 1. The lowest BCUT2D eigenvalue weighted by Crippen LogP contribution is -2.11. The molecule has 0 amide bonds. The van der Waals surface area contributed by atoms with Gasteiger partial charge in [0.25, 0.3) is 0 Å². The summed E-state index contributed by atoms with van der Waals surface area (Å²) in [6.07, 6.45) is 5.21. The molecule has 1 rings (SSSR count). The fraction of sp³-hybridized carbons (Fsp3) is 0.545. The maximum Gasteiger partial charge on any atom is 0.352 e. The first kappa shape index (κ1) is 12.5. The van der Waals surface area contributed by atoms with Crippen LogP contribution in [0.25, 0.3) is 0 Å². The Morgan fingerprint density at radius 3 is 2.87 bits per heavy atom. The van der Waals surface area contributed by atoms with Crippen LogP contribution in [0.2, 0.25) is 0 Å². The molecule has 1 aromatic heterocycles. The number of aromatic carboxylic acids is 1. The van der Waals surface area contributed by atoms with E-state index in [0.29, 0.717) is 5.69 Å². The molecule has 1 atom stereocenters. The van der Waals surface area contributed by atoms with Gasteiger partial charge in [0.1, 0.15) is 5.69 Å². The standard InChI is InChI=1S/C11H16INO2/c1-3-4-5-8(2)13-7-9(12)6-10(13)11(14)15/h6-8H,3-5H2,1-2H3,(H,14,15). The number of hydrogen-bond acceptors (Lipinski definition) is 1. The molecule has 15 heavy (non-hydrogen) atoms. The van der Waals surface area contributed by atoms with Gasteiger partial charge in [0.15, 0.2) is 0 Å². The van der Waals surface area contributed by atoms with Gasteiger partial charge in [-0.15, -0.1) is 0 Å². The molecule has 0 radical (unpaired) electrons. The number of carboxylic acids is 1. The molecule has 0 aliphatic carbocycles. The second-order valence-electron chi connectivity index (χ2n) is 3.75. The van der Waals surface area contributed by atoms with Crippen molar-refractivity contribution in [3.63, 3.8) is 0 Å². The Labute approximate surface area is 104 Å². The zero-order valence-corrected chi connectivity index (χ0v) is 11.2. The summed E-state index contributed by atoms with van der Waals surface area (Å²) in [7, 11) is 0. The van der Waals surface area contributed by atoms with Crippen molar-refractivity contribution in [1.29, 1.82) is 0 Å². The Bertz CT molecular complexity index is 346. The molecule has 0 fully saturated rings. The molecule has 1 heterocycles. The van der Waals surface area contributed by atoms with E-state index in [4.69, 9.17) is 5.11 Å². The van der Waals surface area contributed by atoms with E-state index >= 15 is 0 Å². The SMILES string of the molecule is CCCCC(C)n1cc(I)cc1C(=O)O. The van der Waals surface area contributed by atoms with Crippen LogP contribution in [0, 0.1) is 3.57 Å². The summed E-state index contributed by atoms with van der Waals surface area (Å²) in [4.78, 5) is 11.0. The number of aromatic nitrogens is 1. The fourth-order valence-electron chi connectivity index (χ4n) is 1.62. The maximum absolute atomic E-state index is 11.0. The number of nitrogens with zero attached hydrogens (tertiary/aromatic N) is 1. The normalized spacial score (nSPS) is 12.7. The molecular weight excluding hydrogens is 305 g/mol. The molecule has 0 saturated heterocycles. The third-order valence-electron chi connectivity index (χ3n) is 2.48. The zero-order chi connectivity index (χ0) is 11.4. The molecule has 1 aromatic rings. The minimum absolute atomic E-state index is 0.263. The summed E-state index contributed by atoms with van der Waals surface area (Å²) in [6, 6.07) is 1.98. The quantitative estimate of drug-likeness (QED) is 0.843. The number of carboxylic acid groups (broad SMARTS) is 1. The van der Waals surface area contributed by atoms with Crippen LogP contribution >= 0.6 is 22.6 Å². The van der Waals surface area contributed by atoms with Gasteiger partial charge in [0.05, 0.1) is 0 Å². The van der Waals surface area contributed by atoms with E-state index in [-0.39, 0.29) is 6.04 Å². The first-order valence-corrected chi connectivity index (χ1v) is 6.24. The van der Waals surface area contributed by atoms with E-state index in [9.17, 15) is 4.79 Å². The van der Waals surface area contributed by atoms with Gasteiger partial charge in [-0.1, -0.05) is 19.8 Å².